The molecule has 1 aliphatic carbocycles. The zero-order chi connectivity index (χ0) is 25.9. The highest BCUT2D eigenvalue weighted by molar-refractivity contribution is 6.00. The Morgan fingerprint density at radius 1 is 1.05 bits per heavy atom. The molecule has 6 nitrogen and oxygen atoms in total. The van der Waals surface area contributed by atoms with Gasteiger partial charge in [0.1, 0.15) is 5.82 Å². The van der Waals surface area contributed by atoms with Gasteiger partial charge in [0.25, 0.3) is 5.91 Å². The first-order chi connectivity index (χ1) is 18.7. The summed E-state index contributed by atoms with van der Waals surface area (Å²) < 4.78 is 15.0. The van der Waals surface area contributed by atoms with E-state index in [1.807, 2.05) is 17.3 Å². The van der Waals surface area contributed by atoms with Gasteiger partial charge in [-0.2, -0.15) is 0 Å². The third-order valence-electron chi connectivity index (χ3n) is 7.62. The number of amides is 1. The second kappa shape index (κ2) is 10.9. The number of anilines is 1. The van der Waals surface area contributed by atoms with Crippen LogP contribution in [0, 0.1) is 5.82 Å². The van der Waals surface area contributed by atoms with Gasteiger partial charge in [0.05, 0.1) is 11.3 Å². The molecule has 7 heteroatoms. The SMILES string of the molecule is O=C(c1cnc(N2CCCCC2)nc1-c1ccccc1F)N(Cc1cccc(C2C=CN=CC2)c1)C1CC1. The standard InChI is InChI=1S/C31H32FN5O/c32-28-10-3-2-9-26(28)29-27(20-34-31(35-29)36-17-4-1-5-18-36)30(38)37(25-11-12-25)21-22-7-6-8-24(19-22)23-13-15-33-16-14-23/h2-3,6-10,13,15-16,19-20,23,25H,1,4-5,11-12,14,17-18,21H2. The van der Waals surface area contributed by atoms with Gasteiger partial charge in [-0.3, -0.25) is 9.79 Å². The number of allylic oxidation sites excluding steroid dienone is 1. The fraction of sp³-hybridized carbons (Fsp3) is 0.355. The van der Waals surface area contributed by atoms with Crippen molar-refractivity contribution in [2.45, 2.75) is 57.0 Å². The molecule has 1 amide bonds. The molecule has 1 saturated carbocycles. The van der Waals surface area contributed by atoms with Crippen molar-refractivity contribution >= 4 is 18.1 Å². The zero-order valence-electron chi connectivity index (χ0n) is 21.5. The number of carbonyl (C=O) groups is 1. The topological polar surface area (TPSA) is 61.7 Å². The monoisotopic (exact) mass is 509 g/mol. The minimum absolute atomic E-state index is 0.147. The van der Waals surface area contributed by atoms with Gasteiger partial charge in [-0.05, 0) is 61.8 Å². The summed E-state index contributed by atoms with van der Waals surface area (Å²) in [7, 11) is 0. The number of rotatable bonds is 7. The van der Waals surface area contributed by atoms with Gasteiger partial charge in [-0.25, -0.2) is 14.4 Å². The number of piperidine rings is 1. The van der Waals surface area contributed by atoms with E-state index in [1.54, 1.807) is 24.4 Å². The van der Waals surface area contributed by atoms with Gasteiger partial charge in [0, 0.05) is 55.8 Å². The van der Waals surface area contributed by atoms with E-state index in [-0.39, 0.29) is 17.8 Å². The Morgan fingerprint density at radius 3 is 2.66 bits per heavy atom. The number of halogens is 1. The molecule has 0 N–H and O–H groups in total. The second-order valence-corrected chi connectivity index (χ2v) is 10.4. The van der Waals surface area contributed by atoms with Crippen LogP contribution >= 0.6 is 0 Å². The molecule has 2 aliphatic heterocycles. The van der Waals surface area contributed by atoms with Crippen LogP contribution in [0.5, 0.6) is 0 Å². The van der Waals surface area contributed by atoms with E-state index in [2.05, 4.69) is 45.2 Å². The van der Waals surface area contributed by atoms with Gasteiger partial charge < -0.3 is 9.80 Å². The molecule has 2 aromatic carbocycles. The number of carbonyl (C=O) groups excluding carboxylic acids is 1. The van der Waals surface area contributed by atoms with Gasteiger partial charge in [-0.1, -0.05) is 42.5 Å². The number of nitrogens with zero attached hydrogens (tertiary/aromatic N) is 5. The van der Waals surface area contributed by atoms with E-state index in [1.165, 1.54) is 18.1 Å². The molecule has 3 aliphatic rings. The average Bonchev–Trinajstić information content (AvgIpc) is 3.82. The van der Waals surface area contributed by atoms with Gasteiger partial charge in [0.15, 0.2) is 0 Å². The number of aromatic nitrogens is 2. The molecule has 1 aromatic heterocycles. The maximum absolute atomic E-state index is 15.0. The molecule has 194 valence electrons. The van der Waals surface area contributed by atoms with Crippen LogP contribution in [0.3, 0.4) is 0 Å². The van der Waals surface area contributed by atoms with Crippen LogP contribution in [0.25, 0.3) is 11.3 Å². The molecule has 3 aromatic rings. The predicted octanol–water partition coefficient (Wildman–Crippen LogP) is 6.15. The van der Waals surface area contributed by atoms with E-state index in [0.29, 0.717) is 35.2 Å². The first-order valence-electron chi connectivity index (χ1n) is 13.6. The van der Waals surface area contributed by atoms with E-state index < -0.39 is 0 Å². The van der Waals surface area contributed by atoms with E-state index in [0.717, 1.165) is 50.8 Å². The zero-order valence-corrected chi connectivity index (χ0v) is 21.5. The second-order valence-electron chi connectivity index (χ2n) is 10.4. The quantitative estimate of drug-likeness (QED) is 0.383. The van der Waals surface area contributed by atoms with Crippen LogP contribution in [0.2, 0.25) is 0 Å². The molecule has 0 bridgehead atoms. The minimum Gasteiger partial charge on any atom is -0.341 e. The molecule has 3 heterocycles. The molecule has 2 fully saturated rings. The van der Waals surface area contributed by atoms with Crippen molar-refractivity contribution in [3.8, 4) is 11.3 Å². The highest BCUT2D eigenvalue weighted by Gasteiger charge is 2.35. The molecule has 1 atom stereocenters. The van der Waals surface area contributed by atoms with Gasteiger partial charge >= 0.3 is 0 Å². The van der Waals surface area contributed by atoms with Crippen molar-refractivity contribution in [3.05, 3.63) is 89.5 Å². The summed E-state index contributed by atoms with van der Waals surface area (Å²) in [6, 6.07) is 15.2. The van der Waals surface area contributed by atoms with Gasteiger partial charge in [-0.15, -0.1) is 0 Å². The summed E-state index contributed by atoms with van der Waals surface area (Å²) in [5.74, 6) is 0.320. The molecule has 6 rings (SSSR count). The first-order valence-corrected chi connectivity index (χ1v) is 13.6. The van der Waals surface area contributed by atoms with Crippen LogP contribution < -0.4 is 4.90 Å². The van der Waals surface area contributed by atoms with Crippen molar-refractivity contribution in [3.63, 3.8) is 0 Å². The van der Waals surface area contributed by atoms with Crippen molar-refractivity contribution in [1.82, 2.24) is 14.9 Å². The number of aliphatic imine (C=N–C) groups is 1. The van der Waals surface area contributed by atoms with Crippen LogP contribution in [0.1, 0.15) is 65.9 Å². The lowest BCUT2D eigenvalue weighted by atomic mass is 9.93. The van der Waals surface area contributed by atoms with E-state index in [9.17, 15) is 4.79 Å². The van der Waals surface area contributed by atoms with Crippen molar-refractivity contribution < 1.29 is 9.18 Å². The Hall–Kier alpha value is -3.87. The Bertz CT molecular complexity index is 1380. The minimum atomic E-state index is -0.389. The highest BCUT2D eigenvalue weighted by Crippen LogP contribution is 2.34. The largest absolute Gasteiger partial charge is 0.341 e. The fourth-order valence-electron chi connectivity index (χ4n) is 5.37. The van der Waals surface area contributed by atoms with Gasteiger partial charge in [0.2, 0.25) is 5.95 Å². The number of benzene rings is 2. The summed E-state index contributed by atoms with van der Waals surface area (Å²) in [4.78, 5) is 31.7. The summed E-state index contributed by atoms with van der Waals surface area (Å²) in [6.07, 6.45) is 13.7. The molecule has 0 spiro atoms. The van der Waals surface area contributed by atoms with E-state index in [4.69, 9.17) is 4.98 Å². The molecule has 1 saturated heterocycles. The third-order valence-corrected chi connectivity index (χ3v) is 7.62. The van der Waals surface area contributed by atoms with Crippen LogP contribution in [-0.4, -0.2) is 46.1 Å². The Kier molecular flexibility index (Phi) is 6.99. The van der Waals surface area contributed by atoms with Crippen molar-refractivity contribution in [2.24, 2.45) is 4.99 Å². The van der Waals surface area contributed by atoms with E-state index >= 15 is 4.39 Å². The smallest absolute Gasteiger partial charge is 0.258 e. The Morgan fingerprint density at radius 2 is 1.89 bits per heavy atom. The predicted molar refractivity (Wildman–Crippen MR) is 148 cm³/mol. The Labute approximate surface area is 222 Å². The average molecular weight is 510 g/mol. The molecule has 38 heavy (non-hydrogen) atoms. The summed E-state index contributed by atoms with van der Waals surface area (Å²) in [6.45, 7) is 2.24. The molecule has 1 unspecified atom stereocenters. The first kappa shape index (κ1) is 24.5. The summed E-state index contributed by atoms with van der Waals surface area (Å²) in [5.41, 5.74) is 3.35. The van der Waals surface area contributed by atoms with Crippen molar-refractivity contribution in [2.75, 3.05) is 18.0 Å². The molecular formula is C31H32FN5O. The summed E-state index contributed by atoms with van der Waals surface area (Å²) in [5, 5.41) is 0. The normalized spacial score (nSPS) is 19.0. The lowest BCUT2D eigenvalue weighted by Gasteiger charge is -2.28. The molecular weight excluding hydrogens is 477 g/mol. The lowest BCUT2D eigenvalue weighted by molar-refractivity contribution is 0.0730. The number of hydrogen-bond donors (Lipinski definition) is 0. The van der Waals surface area contributed by atoms with Crippen LogP contribution in [-0.2, 0) is 6.54 Å². The Balaban J connectivity index is 1.33. The maximum atomic E-state index is 15.0. The summed E-state index contributed by atoms with van der Waals surface area (Å²) >= 11 is 0. The third kappa shape index (κ3) is 5.23. The van der Waals surface area contributed by atoms with Crippen LogP contribution in [0.4, 0.5) is 10.3 Å². The maximum Gasteiger partial charge on any atom is 0.258 e. The van der Waals surface area contributed by atoms with Crippen molar-refractivity contribution in [1.29, 1.82) is 0 Å². The number of hydrogen-bond acceptors (Lipinski definition) is 5. The van der Waals surface area contributed by atoms with Crippen LogP contribution in [0.15, 0.2) is 72.0 Å². The highest BCUT2D eigenvalue weighted by atomic mass is 19.1. The lowest BCUT2D eigenvalue weighted by Crippen LogP contribution is -2.34. The fourth-order valence-corrected chi connectivity index (χ4v) is 5.37. The molecule has 0 radical (unpaired) electrons.